The van der Waals surface area contributed by atoms with E-state index in [1.165, 1.54) is 18.4 Å². The number of hydrogen-bond donors (Lipinski definition) is 2. The van der Waals surface area contributed by atoms with Crippen molar-refractivity contribution in [3.05, 3.63) is 35.4 Å². The molecule has 1 fully saturated rings. The fourth-order valence-electron chi connectivity index (χ4n) is 3.35. The van der Waals surface area contributed by atoms with E-state index in [9.17, 15) is 4.79 Å². The highest BCUT2D eigenvalue weighted by Crippen LogP contribution is 2.14. The molecule has 0 saturated carbocycles. The van der Waals surface area contributed by atoms with Gasteiger partial charge in [0.05, 0.1) is 0 Å². The quantitative estimate of drug-likeness (QED) is 0.760. The van der Waals surface area contributed by atoms with E-state index in [0.29, 0.717) is 26.1 Å². The number of nitrogens with one attached hydrogen (secondary N) is 1. The summed E-state index contributed by atoms with van der Waals surface area (Å²) in [6.45, 7) is 9.45. The zero-order valence-electron chi connectivity index (χ0n) is 15.7. The van der Waals surface area contributed by atoms with Crippen LogP contribution in [0.15, 0.2) is 24.3 Å². The largest absolute Gasteiger partial charge is 0.396 e. The average molecular weight is 348 g/mol. The molecule has 140 valence electrons. The number of nitrogens with zero attached hydrogens (tertiary/aromatic N) is 2. The predicted octanol–water partition coefficient (Wildman–Crippen LogP) is 2.62. The Morgan fingerprint density at radius 3 is 2.80 bits per heavy atom. The van der Waals surface area contributed by atoms with Crippen molar-refractivity contribution in [3.8, 4) is 0 Å². The molecule has 2 rings (SSSR count). The molecule has 1 aromatic rings. The number of amides is 2. The van der Waals surface area contributed by atoms with Crippen molar-refractivity contribution in [2.75, 3.05) is 39.3 Å². The van der Waals surface area contributed by atoms with Crippen LogP contribution in [0.1, 0.15) is 37.3 Å². The third kappa shape index (κ3) is 7.04. The Morgan fingerprint density at radius 1 is 1.36 bits per heavy atom. The zero-order valence-corrected chi connectivity index (χ0v) is 15.7. The maximum atomic E-state index is 12.5. The van der Waals surface area contributed by atoms with E-state index in [0.717, 1.165) is 31.1 Å². The second kappa shape index (κ2) is 10.4. The number of rotatable bonds is 8. The van der Waals surface area contributed by atoms with Gasteiger partial charge in [0.1, 0.15) is 0 Å². The van der Waals surface area contributed by atoms with Gasteiger partial charge in [-0.1, -0.05) is 36.8 Å². The summed E-state index contributed by atoms with van der Waals surface area (Å²) in [7, 11) is 0. The lowest BCUT2D eigenvalue weighted by molar-refractivity contribution is 0.172. The van der Waals surface area contributed by atoms with E-state index in [2.05, 4.69) is 48.3 Å². The molecule has 0 aliphatic carbocycles. The molecular weight excluding hydrogens is 314 g/mol. The first-order chi connectivity index (χ1) is 12.1. The highest BCUT2D eigenvalue weighted by atomic mass is 16.3. The van der Waals surface area contributed by atoms with Crippen molar-refractivity contribution in [2.45, 2.75) is 39.7 Å². The van der Waals surface area contributed by atoms with Gasteiger partial charge in [0, 0.05) is 39.3 Å². The molecule has 1 atom stereocenters. The van der Waals surface area contributed by atoms with Gasteiger partial charge in [-0.3, -0.25) is 0 Å². The van der Waals surface area contributed by atoms with Gasteiger partial charge in [-0.05, 0) is 44.2 Å². The molecule has 0 bridgehead atoms. The Kier molecular flexibility index (Phi) is 8.22. The maximum Gasteiger partial charge on any atom is 0.317 e. The molecule has 1 unspecified atom stereocenters. The highest BCUT2D eigenvalue weighted by molar-refractivity contribution is 5.74. The van der Waals surface area contributed by atoms with Crippen LogP contribution < -0.4 is 5.32 Å². The lowest BCUT2D eigenvalue weighted by Crippen LogP contribution is -2.44. The van der Waals surface area contributed by atoms with Crippen LogP contribution in [0.4, 0.5) is 4.79 Å². The Bertz CT molecular complexity index is 518. The molecule has 1 aliphatic heterocycles. The summed E-state index contributed by atoms with van der Waals surface area (Å²) >= 11 is 0. The lowest BCUT2D eigenvalue weighted by Gasteiger charge is -2.31. The number of aliphatic hydroxyl groups excluding tert-OH is 1. The van der Waals surface area contributed by atoms with Gasteiger partial charge in [0.2, 0.25) is 0 Å². The van der Waals surface area contributed by atoms with Crippen LogP contribution in [0.3, 0.4) is 0 Å². The normalized spacial score (nSPS) is 18.1. The number of hydrogen-bond acceptors (Lipinski definition) is 3. The van der Waals surface area contributed by atoms with Gasteiger partial charge in [0.15, 0.2) is 0 Å². The molecular formula is C20H33N3O2. The summed E-state index contributed by atoms with van der Waals surface area (Å²) in [6, 6.07) is 8.20. The van der Waals surface area contributed by atoms with Crippen molar-refractivity contribution in [2.24, 2.45) is 5.92 Å². The van der Waals surface area contributed by atoms with E-state index in [-0.39, 0.29) is 12.6 Å². The fourth-order valence-corrected chi connectivity index (χ4v) is 3.35. The number of benzene rings is 1. The number of aryl methyl sites for hydroxylation is 1. The molecule has 1 aliphatic rings. The Hall–Kier alpha value is -1.59. The van der Waals surface area contributed by atoms with Gasteiger partial charge < -0.3 is 20.2 Å². The standard InChI is InChI=1S/C20H33N3O2/c1-17-6-8-19(9-7-17)16-23(12-4-14-24)20(25)21-10-13-22-11-3-5-18(2)15-22/h6-9,18,24H,3-5,10-16H2,1-2H3,(H,21,25). The molecule has 5 nitrogen and oxygen atoms in total. The summed E-state index contributed by atoms with van der Waals surface area (Å²) in [5.74, 6) is 0.757. The van der Waals surface area contributed by atoms with Gasteiger partial charge in [-0.25, -0.2) is 4.79 Å². The van der Waals surface area contributed by atoms with Gasteiger partial charge in [0.25, 0.3) is 0 Å². The first-order valence-electron chi connectivity index (χ1n) is 9.50. The number of piperidine rings is 1. The van der Waals surface area contributed by atoms with Crippen LogP contribution in [0.2, 0.25) is 0 Å². The molecule has 0 aromatic heterocycles. The van der Waals surface area contributed by atoms with E-state index in [1.54, 1.807) is 4.90 Å². The molecule has 25 heavy (non-hydrogen) atoms. The second-order valence-electron chi connectivity index (χ2n) is 7.26. The monoisotopic (exact) mass is 347 g/mol. The second-order valence-corrected chi connectivity index (χ2v) is 7.26. The summed E-state index contributed by atoms with van der Waals surface area (Å²) in [5, 5.41) is 12.2. The van der Waals surface area contributed by atoms with Crippen LogP contribution in [0.5, 0.6) is 0 Å². The maximum absolute atomic E-state index is 12.5. The minimum Gasteiger partial charge on any atom is -0.396 e. The Labute approximate surface area is 152 Å². The van der Waals surface area contributed by atoms with E-state index < -0.39 is 0 Å². The van der Waals surface area contributed by atoms with E-state index in [4.69, 9.17) is 5.11 Å². The molecule has 5 heteroatoms. The molecule has 1 saturated heterocycles. The molecule has 1 aromatic carbocycles. The van der Waals surface area contributed by atoms with Crippen molar-refractivity contribution in [1.29, 1.82) is 0 Å². The predicted molar refractivity (Wildman–Crippen MR) is 102 cm³/mol. The highest BCUT2D eigenvalue weighted by Gasteiger charge is 2.17. The molecule has 2 N–H and O–H groups in total. The summed E-state index contributed by atoms with van der Waals surface area (Å²) < 4.78 is 0. The van der Waals surface area contributed by atoms with Crippen molar-refractivity contribution < 1.29 is 9.90 Å². The van der Waals surface area contributed by atoms with Crippen molar-refractivity contribution in [1.82, 2.24) is 15.1 Å². The topological polar surface area (TPSA) is 55.8 Å². The molecule has 1 heterocycles. The van der Waals surface area contributed by atoms with Crippen LogP contribution >= 0.6 is 0 Å². The first-order valence-corrected chi connectivity index (χ1v) is 9.50. The van der Waals surface area contributed by atoms with Crippen LogP contribution in [-0.4, -0.2) is 60.3 Å². The molecule has 0 spiro atoms. The smallest absolute Gasteiger partial charge is 0.317 e. The van der Waals surface area contributed by atoms with E-state index >= 15 is 0 Å². The van der Waals surface area contributed by atoms with Crippen LogP contribution in [-0.2, 0) is 6.54 Å². The Morgan fingerprint density at radius 2 is 2.12 bits per heavy atom. The molecule has 2 amide bonds. The first kappa shape index (κ1) is 19.7. The summed E-state index contributed by atoms with van der Waals surface area (Å²) in [4.78, 5) is 16.8. The SMILES string of the molecule is Cc1ccc(CN(CCCO)C(=O)NCCN2CCCC(C)C2)cc1. The summed E-state index contributed by atoms with van der Waals surface area (Å²) in [6.07, 6.45) is 3.17. The molecule has 0 radical (unpaired) electrons. The zero-order chi connectivity index (χ0) is 18.1. The van der Waals surface area contributed by atoms with Gasteiger partial charge in [-0.15, -0.1) is 0 Å². The fraction of sp³-hybridized carbons (Fsp3) is 0.650. The van der Waals surface area contributed by atoms with Crippen molar-refractivity contribution in [3.63, 3.8) is 0 Å². The van der Waals surface area contributed by atoms with Gasteiger partial charge >= 0.3 is 6.03 Å². The third-order valence-electron chi connectivity index (χ3n) is 4.81. The van der Waals surface area contributed by atoms with Crippen LogP contribution in [0.25, 0.3) is 0 Å². The number of carbonyl (C=O) groups is 1. The van der Waals surface area contributed by atoms with Crippen LogP contribution in [0, 0.1) is 12.8 Å². The number of likely N-dealkylation sites (tertiary alicyclic amines) is 1. The number of aliphatic hydroxyl groups is 1. The number of urea groups is 1. The third-order valence-corrected chi connectivity index (χ3v) is 4.81. The number of carbonyl (C=O) groups excluding carboxylic acids is 1. The average Bonchev–Trinajstić information content (AvgIpc) is 2.60. The lowest BCUT2D eigenvalue weighted by atomic mass is 10.0. The van der Waals surface area contributed by atoms with E-state index in [1.807, 2.05) is 0 Å². The minimum atomic E-state index is -0.0425. The van der Waals surface area contributed by atoms with Gasteiger partial charge in [-0.2, -0.15) is 0 Å². The van der Waals surface area contributed by atoms with Crippen molar-refractivity contribution >= 4 is 6.03 Å². The summed E-state index contributed by atoms with van der Waals surface area (Å²) in [5.41, 5.74) is 2.33. The Balaban J connectivity index is 1.81. The minimum absolute atomic E-state index is 0.0425.